The van der Waals surface area contributed by atoms with Crippen molar-refractivity contribution in [2.75, 3.05) is 53.1 Å². The van der Waals surface area contributed by atoms with Gasteiger partial charge in [-0.1, -0.05) is 0 Å². The van der Waals surface area contributed by atoms with Crippen molar-refractivity contribution in [3.8, 4) is 0 Å². The molecule has 0 unspecified atom stereocenters. The number of ether oxygens (including phenoxy) is 2. The van der Waals surface area contributed by atoms with Crippen LogP contribution in [0.1, 0.15) is 26.7 Å². The maximum Gasteiger partial charge on any atom is 0.0700 e. The van der Waals surface area contributed by atoms with Crippen molar-refractivity contribution in [3.05, 3.63) is 0 Å². The highest BCUT2D eigenvalue weighted by Gasteiger charge is 2.24. The van der Waals surface area contributed by atoms with Gasteiger partial charge in [0.2, 0.25) is 0 Å². The molecule has 4 heteroatoms. The number of rotatable bonds is 8. The van der Waals surface area contributed by atoms with E-state index in [1.165, 1.54) is 19.5 Å². The van der Waals surface area contributed by atoms with Crippen molar-refractivity contribution in [2.45, 2.75) is 32.2 Å². The Morgan fingerprint density at radius 2 is 2.00 bits per heavy atom. The lowest BCUT2D eigenvalue weighted by Crippen LogP contribution is -2.57. The first-order valence-electron chi connectivity index (χ1n) is 6.68. The first-order chi connectivity index (χ1) is 8.14. The summed E-state index contributed by atoms with van der Waals surface area (Å²) in [5, 5.41) is 3.53. The van der Waals surface area contributed by atoms with E-state index in [1.54, 1.807) is 7.11 Å². The molecule has 0 atom stereocenters. The standard InChI is InChI=1S/C13H28N2O2/c1-13(2)12-15(8-6-14-13)7-4-5-9-17-11-10-16-3/h14H,4-12H2,1-3H3. The van der Waals surface area contributed by atoms with Gasteiger partial charge in [-0.15, -0.1) is 0 Å². The minimum atomic E-state index is 0.271. The number of hydrogen-bond donors (Lipinski definition) is 1. The predicted molar refractivity (Wildman–Crippen MR) is 70.5 cm³/mol. The quantitative estimate of drug-likeness (QED) is 0.649. The largest absolute Gasteiger partial charge is 0.382 e. The SMILES string of the molecule is COCCOCCCCN1CCNC(C)(C)C1. The Bertz CT molecular complexity index is 198. The van der Waals surface area contributed by atoms with Gasteiger partial charge in [0.15, 0.2) is 0 Å². The van der Waals surface area contributed by atoms with E-state index in [1.807, 2.05) is 0 Å². The first kappa shape index (κ1) is 14.9. The summed E-state index contributed by atoms with van der Waals surface area (Å²) < 4.78 is 10.4. The summed E-state index contributed by atoms with van der Waals surface area (Å²) in [4.78, 5) is 2.55. The smallest absolute Gasteiger partial charge is 0.0700 e. The third-order valence-corrected chi connectivity index (χ3v) is 3.10. The van der Waals surface area contributed by atoms with Crippen molar-refractivity contribution in [1.82, 2.24) is 10.2 Å². The number of piperazine rings is 1. The minimum Gasteiger partial charge on any atom is -0.382 e. The molecule has 102 valence electrons. The number of methoxy groups -OCH3 is 1. The molecule has 0 bridgehead atoms. The topological polar surface area (TPSA) is 33.7 Å². The van der Waals surface area contributed by atoms with Gasteiger partial charge in [0.05, 0.1) is 13.2 Å². The highest BCUT2D eigenvalue weighted by Crippen LogP contribution is 2.10. The zero-order valence-corrected chi connectivity index (χ0v) is 11.6. The van der Waals surface area contributed by atoms with Crippen LogP contribution in [0.5, 0.6) is 0 Å². The number of nitrogens with one attached hydrogen (secondary N) is 1. The summed E-state index contributed by atoms with van der Waals surface area (Å²) in [6.07, 6.45) is 2.37. The molecule has 0 aromatic heterocycles. The Kier molecular flexibility index (Phi) is 7.04. The van der Waals surface area contributed by atoms with E-state index < -0.39 is 0 Å². The van der Waals surface area contributed by atoms with E-state index in [2.05, 4.69) is 24.1 Å². The second kappa shape index (κ2) is 8.03. The molecule has 4 nitrogen and oxygen atoms in total. The zero-order valence-electron chi connectivity index (χ0n) is 11.6. The molecule has 1 fully saturated rings. The molecular weight excluding hydrogens is 216 g/mol. The van der Waals surface area contributed by atoms with Gasteiger partial charge < -0.3 is 19.7 Å². The molecule has 1 heterocycles. The second-order valence-electron chi connectivity index (χ2n) is 5.40. The lowest BCUT2D eigenvalue weighted by Gasteiger charge is -2.39. The molecule has 0 saturated carbocycles. The van der Waals surface area contributed by atoms with Crippen LogP contribution in [0.4, 0.5) is 0 Å². The Labute approximate surface area is 106 Å². The Morgan fingerprint density at radius 1 is 1.18 bits per heavy atom. The summed E-state index contributed by atoms with van der Waals surface area (Å²) in [7, 11) is 1.70. The van der Waals surface area contributed by atoms with Gasteiger partial charge in [0, 0.05) is 38.9 Å². The van der Waals surface area contributed by atoms with Crippen molar-refractivity contribution in [2.24, 2.45) is 0 Å². The first-order valence-corrected chi connectivity index (χ1v) is 6.68. The molecule has 0 aromatic rings. The van der Waals surface area contributed by atoms with Gasteiger partial charge in [0.1, 0.15) is 0 Å². The lowest BCUT2D eigenvalue weighted by molar-refractivity contribution is 0.0665. The second-order valence-corrected chi connectivity index (χ2v) is 5.40. The van der Waals surface area contributed by atoms with E-state index in [0.29, 0.717) is 6.61 Å². The van der Waals surface area contributed by atoms with E-state index >= 15 is 0 Å². The highest BCUT2D eigenvalue weighted by molar-refractivity contribution is 4.86. The number of nitrogens with zero attached hydrogens (tertiary/aromatic N) is 1. The van der Waals surface area contributed by atoms with E-state index in [9.17, 15) is 0 Å². The molecular formula is C13H28N2O2. The fourth-order valence-electron chi connectivity index (χ4n) is 2.22. The number of hydrogen-bond acceptors (Lipinski definition) is 4. The van der Waals surface area contributed by atoms with Crippen LogP contribution in [0.3, 0.4) is 0 Å². The molecule has 17 heavy (non-hydrogen) atoms. The highest BCUT2D eigenvalue weighted by atomic mass is 16.5. The molecule has 1 aliphatic rings. The number of unbranched alkanes of at least 4 members (excludes halogenated alkanes) is 1. The van der Waals surface area contributed by atoms with Gasteiger partial charge in [-0.25, -0.2) is 0 Å². The van der Waals surface area contributed by atoms with Crippen molar-refractivity contribution in [1.29, 1.82) is 0 Å². The van der Waals surface area contributed by atoms with Crippen LogP contribution < -0.4 is 5.32 Å². The van der Waals surface area contributed by atoms with Crippen LogP contribution in [0, 0.1) is 0 Å². The van der Waals surface area contributed by atoms with Crippen LogP contribution in [0.25, 0.3) is 0 Å². The van der Waals surface area contributed by atoms with Crippen LogP contribution in [-0.4, -0.2) is 63.5 Å². The monoisotopic (exact) mass is 244 g/mol. The fraction of sp³-hybridized carbons (Fsp3) is 1.00. The molecule has 0 radical (unpaired) electrons. The summed E-state index contributed by atoms with van der Waals surface area (Å²) in [5.41, 5.74) is 0.271. The Hall–Kier alpha value is -0.160. The Balaban J connectivity index is 1.95. The fourth-order valence-corrected chi connectivity index (χ4v) is 2.22. The third kappa shape index (κ3) is 6.99. The van der Waals surface area contributed by atoms with Crippen LogP contribution in [0.2, 0.25) is 0 Å². The average molecular weight is 244 g/mol. The molecule has 0 aliphatic carbocycles. The summed E-state index contributed by atoms with van der Waals surface area (Å²) >= 11 is 0. The predicted octanol–water partition coefficient (Wildman–Crippen LogP) is 1.11. The summed E-state index contributed by atoms with van der Waals surface area (Å²) in [6, 6.07) is 0. The van der Waals surface area contributed by atoms with Gasteiger partial charge in [-0.05, 0) is 33.2 Å². The van der Waals surface area contributed by atoms with Crippen molar-refractivity contribution in [3.63, 3.8) is 0 Å². The van der Waals surface area contributed by atoms with Crippen LogP contribution in [0.15, 0.2) is 0 Å². The average Bonchev–Trinajstić information content (AvgIpc) is 2.27. The lowest BCUT2D eigenvalue weighted by atomic mass is 10.0. The summed E-state index contributed by atoms with van der Waals surface area (Å²) in [5.74, 6) is 0. The van der Waals surface area contributed by atoms with E-state index in [4.69, 9.17) is 9.47 Å². The maximum absolute atomic E-state index is 5.45. The molecule has 0 spiro atoms. The maximum atomic E-state index is 5.45. The van der Waals surface area contributed by atoms with Crippen LogP contribution in [-0.2, 0) is 9.47 Å². The van der Waals surface area contributed by atoms with Gasteiger partial charge >= 0.3 is 0 Å². The van der Waals surface area contributed by atoms with Gasteiger partial charge in [-0.2, -0.15) is 0 Å². The van der Waals surface area contributed by atoms with Crippen molar-refractivity contribution < 1.29 is 9.47 Å². The summed E-state index contributed by atoms with van der Waals surface area (Å²) in [6.45, 7) is 11.4. The van der Waals surface area contributed by atoms with E-state index in [-0.39, 0.29) is 5.54 Å². The van der Waals surface area contributed by atoms with Gasteiger partial charge in [-0.3, -0.25) is 0 Å². The van der Waals surface area contributed by atoms with Crippen LogP contribution >= 0.6 is 0 Å². The molecule has 1 saturated heterocycles. The molecule has 0 amide bonds. The minimum absolute atomic E-state index is 0.271. The molecule has 0 aromatic carbocycles. The molecule has 1 N–H and O–H groups in total. The molecule has 1 rings (SSSR count). The third-order valence-electron chi connectivity index (χ3n) is 3.10. The normalized spacial score (nSPS) is 20.6. The van der Waals surface area contributed by atoms with E-state index in [0.717, 1.165) is 32.7 Å². The molecule has 1 aliphatic heterocycles. The van der Waals surface area contributed by atoms with Crippen molar-refractivity contribution >= 4 is 0 Å². The zero-order chi connectivity index (χ0) is 12.6. The Morgan fingerprint density at radius 3 is 2.71 bits per heavy atom. The van der Waals surface area contributed by atoms with Gasteiger partial charge in [0.25, 0.3) is 0 Å².